The zero-order chi connectivity index (χ0) is 20.8. The Hall–Kier alpha value is -2.30. The van der Waals surface area contributed by atoms with Gasteiger partial charge in [0.05, 0.1) is 5.56 Å². The van der Waals surface area contributed by atoms with Gasteiger partial charge in [0, 0.05) is 22.6 Å². The van der Waals surface area contributed by atoms with Crippen LogP contribution in [-0.4, -0.2) is 29.0 Å². The number of aromatic nitrogens is 1. The zero-order valence-electron chi connectivity index (χ0n) is 18.0. The van der Waals surface area contributed by atoms with Gasteiger partial charge in [0.2, 0.25) is 0 Å². The van der Waals surface area contributed by atoms with Gasteiger partial charge in [-0.25, -0.2) is 4.79 Å². The third-order valence-corrected chi connectivity index (χ3v) is 7.79. The van der Waals surface area contributed by atoms with Crippen molar-refractivity contribution in [2.24, 2.45) is 17.8 Å². The molecule has 2 fully saturated rings. The zero-order valence-corrected chi connectivity index (χ0v) is 18.0. The second kappa shape index (κ2) is 7.75. The number of aromatic amines is 1. The van der Waals surface area contributed by atoms with E-state index in [0.717, 1.165) is 35.6 Å². The van der Waals surface area contributed by atoms with E-state index < -0.39 is 12.1 Å². The first-order valence-electron chi connectivity index (χ1n) is 11.6. The van der Waals surface area contributed by atoms with Crippen molar-refractivity contribution in [3.63, 3.8) is 0 Å². The van der Waals surface area contributed by atoms with Gasteiger partial charge in [-0.3, -0.25) is 4.79 Å². The molecule has 5 rings (SSSR count). The molecule has 0 saturated heterocycles. The number of aryl methyl sites for hydroxylation is 2. The van der Waals surface area contributed by atoms with E-state index in [4.69, 9.17) is 4.74 Å². The Labute approximate surface area is 177 Å². The average molecular weight is 409 g/mol. The SMILES string of the molecule is C[C@H](OC(=O)c1ccc2[nH]c3c(c2c1)CCCC3)C(=O)N[C@@H](C)[C@H]1C[C@H]2CC[C@H]1C2. The van der Waals surface area contributed by atoms with E-state index in [0.29, 0.717) is 11.5 Å². The summed E-state index contributed by atoms with van der Waals surface area (Å²) in [5.74, 6) is 1.54. The lowest BCUT2D eigenvalue weighted by Crippen LogP contribution is -2.45. The van der Waals surface area contributed by atoms with Crippen LogP contribution in [0.2, 0.25) is 0 Å². The molecular formula is C25H32N2O3. The molecule has 5 atom stereocenters. The molecule has 1 aromatic heterocycles. The number of H-pyrrole nitrogens is 1. The Morgan fingerprint density at radius 3 is 2.73 bits per heavy atom. The minimum absolute atomic E-state index is 0.136. The fraction of sp³-hybridized carbons (Fsp3) is 0.600. The quantitative estimate of drug-likeness (QED) is 0.714. The second-order valence-corrected chi connectivity index (χ2v) is 9.73. The summed E-state index contributed by atoms with van der Waals surface area (Å²) < 4.78 is 5.53. The molecule has 2 saturated carbocycles. The highest BCUT2D eigenvalue weighted by Gasteiger charge is 2.42. The Kier molecular flexibility index (Phi) is 5.08. The molecule has 5 heteroatoms. The largest absolute Gasteiger partial charge is 0.449 e. The van der Waals surface area contributed by atoms with Crippen molar-refractivity contribution in [1.82, 2.24) is 10.3 Å². The Balaban J connectivity index is 1.22. The highest BCUT2D eigenvalue weighted by atomic mass is 16.5. The van der Waals surface area contributed by atoms with Crippen LogP contribution in [0.3, 0.4) is 0 Å². The van der Waals surface area contributed by atoms with Crippen LogP contribution in [0.25, 0.3) is 10.9 Å². The van der Waals surface area contributed by atoms with Gasteiger partial charge in [-0.1, -0.05) is 6.42 Å². The van der Waals surface area contributed by atoms with Crippen LogP contribution in [0.5, 0.6) is 0 Å². The average Bonchev–Trinajstić information content (AvgIpc) is 3.47. The lowest BCUT2D eigenvalue weighted by atomic mass is 9.84. The van der Waals surface area contributed by atoms with Crippen LogP contribution in [0.4, 0.5) is 0 Å². The number of nitrogens with one attached hydrogen (secondary N) is 2. The van der Waals surface area contributed by atoms with Gasteiger partial charge in [-0.15, -0.1) is 0 Å². The summed E-state index contributed by atoms with van der Waals surface area (Å²) in [6, 6.07) is 5.79. The number of fused-ring (bicyclic) bond motifs is 5. The lowest BCUT2D eigenvalue weighted by molar-refractivity contribution is -0.130. The third kappa shape index (κ3) is 3.52. The van der Waals surface area contributed by atoms with E-state index in [9.17, 15) is 9.59 Å². The fourth-order valence-corrected chi connectivity index (χ4v) is 6.17. The number of ether oxygens (including phenoxy) is 1. The number of benzene rings is 1. The predicted molar refractivity (Wildman–Crippen MR) is 116 cm³/mol. The molecule has 0 aliphatic heterocycles. The second-order valence-electron chi connectivity index (χ2n) is 9.73. The van der Waals surface area contributed by atoms with Crippen molar-refractivity contribution in [2.45, 2.75) is 77.4 Å². The number of rotatable bonds is 5. The van der Waals surface area contributed by atoms with Gasteiger partial charge >= 0.3 is 5.97 Å². The first-order valence-corrected chi connectivity index (χ1v) is 11.6. The molecule has 3 aliphatic carbocycles. The molecule has 3 aliphatic rings. The number of carbonyl (C=O) groups excluding carboxylic acids is 2. The lowest BCUT2D eigenvalue weighted by Gasteiger charge is -2.29. The minimum Gasteiger partial charge on any atom is -0.449 e. The van der Waals surface area contributed by atoms with Crippen LogP contribution in [0, 0.1) is 17.8 Å². The molecule has 5 nitrogen and oxygen atoms in total. The van der Waals surface area contributed by atoms with Crippen LogP contribution < -0.4 is 5.32 Å². The summed E-state index contributed by atoms with van der Waals surface area (Å²) >= 11 is 0. The molecule has 2 bridgehead atoms. The molecule has 0 spiro atoms. The predicted octanol–water partition coefficient (Wildman–Crippen LogP) is 4.53. The van der Waals surface area contributed by atoms with Gasteiger partial charge in [0.1, 0.15) is 0 Å². The smallest absolute Gasteiger partial charge is 0.338 e. The fourth-order valence-electron chi connectivity index (χ4n) is 6.17. The number of esters is 1. The van der Waals surface area contributed by atoms with Crippen LogP contribution in [0.1, 0.15) is 74.0 Å². The molecule has 2 N–H and O–H groups in total. The van der Waals surface area contributed by atoms with E-state index in [-0.39, 0.29) is 11.9 Å². The maximum Gasteiger partial charge on any atom is 0.338 e. The summed E-state index contributed by atoms with van der Waals surface area (Å²) in [7, 11) is 0. The number of carbonyl (C=O) groups is 2. The summed E-state index contributed by atoms with van der Waals surface area (Å²) in [6.45, 7) is 3.76. The van der Waals surface area contributed by atoms with Crippen molar-refractivity contribution in [3.05, 3.63) is 35.0 Å². The van der Waals surface area contributed by atoms with E-state index in [1.807, 2.05) is 12.1 Å². The van der Waals surface area contributed by atoms with Gasteiger partial charge in [0.25, 0.3) is 5.91 Å². The van der Waals surface area contributed by atoms with Crippen molar-refractivity contribution >= 4 is 22.8 Å². The maximum atomic E-state index is 12.7. The van der Waals surface area contributed by atoms with Crippen molar-refractivity contribution < 1.29 is 14.3 Å². The van der Waals surface area contributed by atoms with Crippen molar-refractivity contribution in [3.8, 4) is 0 Å². The van der Waals surface area contributed by atoms with Crippen LogP contribution in [-0.2, 0) is 22.4 Å². The topological polar surface area (TPSA) is 71.2 Å². The van der Waals surface area contributed by atoms with Gasteiger partial charge in [-0.05, 0) is 100 Å². The molecule has 1 heterocycles. The summed E-state index contributed by atoms with van der Waals surface area (Å²) in [6.07, 6.45) is 8.91. The molecule has 1 aromatic carbocycles. The van der Waals surface area contributed by atoms with Crippen molar-refractivity contribution in [2.75, 3.05) is 0 Å². The van der Waals surface area contributed by atoms with Gasteiger partial charge in [-0.2, -0.15) is 0 Å². The number of hydrogen-bond donors (Lipinski definition) is 2. The standard InChI is InChI=1S/C25H32N2O3/c1-14(20-12-16-7-8-17(20)11-16)26-24(28)15(2)30-25(29)18-9-10-23-21(13-18)19-5-3-4-6-22(19)27-23/h9-10,13-17,20,27H,3-8,11-12H2,1-2H3,(H,26,28)/t14-,15-,16-,17-,20+/m0/s1. The number of amides is 1. The Bertz CT molecular complexity index is 978. The third-order valence-electron chi connectivity index (χ3n) is 7.79. The van der Waals surface area contributed by atoms with Gasteiger partial charge in [0.15, 0.2) is 6.10 Å². The normalized spacial score (nSPS) is 26.9. The first-order chi connectivity index (χ1) is 14.5. The molecular weight excluding hydrogens is 376 g/mol. The summed E-state index contributed by atoms with van der Waals surface area (Å²) in [5, 5.41) is 4.22. The highest BCUT2D eigenvalue weighted by Crippen LogP contribution is 2.49. The minimum atomic E-state index is -0.797. The summed E-state index contributed by atoms with van der Waals surface area (Å²) in [4.78, 5) is 28.9. The molecule has 0 radical (unpaired) electrons. The van der Waals surface area contributed by atoms with E-state index in [2.05, 4.69) is 17.2 Å². The van der Waals surface area contributed by atoms with E-state index in [1.54, 1.807) is 13.0 Å². The molecule has 30 heavy (non-hydrogen) atoms. The molecule has 1 amide bonds. The van der Waals surface area contributed by atoms with E-state index >= 15 is 0 Å². The Morgan fingerprint density at radius 1 is 1.13 bits per heavy atom. The van der Waals surface area contributed by atoms with Crippen LogP contribution in [0.15, 0.2) is 18.2 Å². The molecule has 160 valence electrons. The van der Waals surface area contributed by atoms with Crippen LogP contribution >= 0.6 is 0 Å². The molecule has 2 aromatic rings. The molecule has 0 unspecified atom stereocenters. The van der Waals surface area contributed by atoms with E-state index in [1.165, 1.54) is 49.8 Å². The maximum absolute atomic E-state index is 12.7. The Morgan fingerprint density at radius 2 is 1.97 bits per heavy atom. The first kappa shape index (κ1) is 19.7. The summed E-state index contributed by atoms with van der Waals surface area (Å²) in [5.41, 5.74) is 4.21. The highest BCUT2D eigenvalue weighted by molar-refractivity contribution is 5.97. The van der Waals surface area contributed by atoms with Crippen molar-refractivity contribution in [1.29, 1.82) is 0 Å². The number of hydrogen-bond acceptors (Lipinski definition) is 3. The monoisotopic (exact) mass is 408 g/mol. The van der Waals surface area contributed by atoms with Gasteiger partial charge < -0.3 is 15.0 Å².